The second kappa shape index (κ2) is 4.77. The van der Waals surface area contributed by atoms with Crippen LogP contribution >= 0.6 is 0 Å². The topological polar surface area (TPSA) is 75.1 Å². The van der Waals surface area contributed by atoms with E-state index in [9.17, 15) is 18.0 Å². The molecule has 0 spiro atoms. The third kappa shape index (κ3) is 4.11. The number of carboxylic acids is 1. The summed E-state index contributed by atoms with van der Waals surface area (Å²) in [7, 11) is 0. The zero-order valence-corrected chi connectivity index (χ0v) is 7.95. The Kier molecular flexibility index (Phi) is 3.64. The van der Waals surface area contributed by atoms with Crippen LogP contribution in [0.5, 0.6) is 0 Å². The molecule has 0 aliphatic carbocycles. The maximum Gasteiger partial charge on any atom is 0.390 e. The van der Waals surface area contributed by atoms with Gasteiger partial charge < -0.3 is 10.4 Å². The number of carbonyl (C=O) groups is 1. The minimum Gasteiger partial charge on any atom is -0.478 e. The van der Waals surface area contributed by atoms with Crippen molar-refractivity contribution >= 4 is 11.9 Å². The first-order valence-corrected chi connectivity index (χ1v) is 4.24. The lowest BCUT2D eigenvalue weighted by atomic mass is 10.3. The number of nitrogens with zero attached hydrogens (tertiary/aromatic N) is 2. The number of halogens is 3. The molecule has 16 heavy (non-hydrogen) atoms. The fourth-order valence-electron chi connectivity index (χ4n) is 0.846. The molecule has 0 aliphatic heterocycles. The van der Waals surface area contributed by atoms with Crippen LogP contribution in [0.1, 0.15) is 16.8 Å². The zero-order chi connectivity index (χ0) is 12.2. The molecule has 0 bridgehead atoms. The average Bonchev–Trinajstić information content (AvgIpc) is 2.16. The van der Waals surface area contributed by atoms with Crippen LogP contribution in [0.15, 0.2) is 12.4 Å². The molecule has 5 nitrogen and oxygen atoms in total. The third-order valence-electron chi connectivity index (χ3n) is 1.59. The normalized spacial score (nSPS) is 11.2. The standard InChI is InChI=1S/C8H8F3N3O2/c9-8(10,11)1-2-12-7-13-3-5(4-14-7)6(15)16/h3-4H,1-2H2,(H,15,16)(H,12,13,14). The molecule has 0 unspecified atom stereocenters. The van der Waals surface area contributed by atoms with E-state index in [-0.39, 0.29) is 18.1 Å². The Morgan fingerprint density at radius 2 is 1.94 bits per heavy atom. The van der Waals surface area contributed by atoms with Crippen LogP contribution in [0.3, 0.4) is 0 Å². The monoisotopic (exact) mass is 235 g/mol. The van der Waals surface area contributed by atoms with Gasteiger partial charge in [0.25, 0.3) is 0 Å². The van der Waals surface area contributed by atoms with Crippen molar-refractivity contribution < 1.29 is 23.1 Å². The van der Waals surface area contributed by atoms with E-state index >= 15 is 0 Å². The number of aromatic nitrogens is 2. The Morgan fingerprint density at radius 1 is 1.38 bits per heavy atom. The van der Waals surface area contributed by atoms with E-state index in [0.717, 1.165) is 12.4 Å². The summed E-state index contributed by atoms with van der Waals surface area (Å²) >= 11 is 0. The summed E-state index contributed by atoms with van der Waals surface area (Å²) in [5, 5.41) is 10.8. The highest BCUT2D eigenvalue weighted by atomic mass is 19.4. The van der Waals surface area contributed by atoms with E-state index in [4.69, 9.17) is 5.11 Å². The SMILES string of the molecule is O=C(O)c1cnc(NCCC(F)(F)F)nc1. The van der Waals surface area contributed by atoms with Gasteiger partial charge in [-0.05, 0) is 0 Å². The van der Waals surface area contributed by atoms with Crippen LogP contribution in [0.25, 0.3) is 0 Å². The molecule has 0 saturated carbocycles. The van der Waals surface area contributed by atoms with Crippen molar-refractivity contribution in [2.45, 2.75) is 12.6 Å². The number of aromatic carboxylic acids is 1. The fourth-order valence-corrected chi connectivity index (χ4v) is 0.846. The summed E-state index contributed by atoms with van der Waals surface area (Å²) in [6.45, 7) is -0.351. The van der Waals surface area contributed by atoms with E-state index in [2.05, 4.69) is 15.3 Å². The van der Waals surface area contributed by atoms with E-state index in [1.807, 2.05) is 0 Å². The Balaban J connectivity index is 2.47. The predicted molar refractivity (Wildman–Crippen MR) is 48.2 cm³/mol. The predicted octanol–water partition coefficient (Wildman–Crippen LogP) is 1.54. The van der Waals surface area contributed by atoms with Crippen LogP contribution < -0.4 is 5.32 Å². The molecule has 1 rings (SSSR count). The number of carboxylic acid groups (broad SMARTS) is 1. The van der Waals surface area contributed by atoms with Crippen LogP contribution in [0.2, 0.25) is 0 Å². The van der Waals surface area contributed by atoms with Crippen LogP contribution in [0, 0.1) is 0 Å². The maximum absolute atomic E-state index is 11.8. The third-order valence-corrected chi connectivity index (χ3v) is 1.59. The molecule has 88 valence electrons. The van der Waals surface area contributed by atoms with Gasteiger partial charge in [-0.15, -0.1) is 0 Å². The van der Waals surface area contributed by atoms with Crippen LogP contribution in [-0.4, -0.2) is 33.8 Å². The first-order chi connectivity index (χ1) is 7.38. The molecule has 0 atom stereocenters. The number of anilines is 1. The van der Waals surface area contributed by atoms with Gasteiger partial charge in [-0.2, -0.15) is 13.2 Å². The molecule has 0 fully saturated rings. The van der Waals surface area contributed by atoms with Gasteiger partial charge in [-0.25, -0.2) is 14.8 Å². The molecule has 0 amide bonds. The highest BCUT2D eigenvalue weighted by Gasteiger charge is 2.26. The molecular weight excluding hydrogens is 227 g/mol. The van der Waals surface area contributed by atoms with Crippen LogP contribution in [-0.2, 0) is 0 Å². The van der Waals surface area contributed by atoms with Crippen molar-refractivity contribution in [1.82, 2.24) is 9.97 Å². The Hall–Kier alpha value is -1.86. The van der Waals surface area contributed by atoms with E-state index in [1.165, 1.54) is 0 Å². The molecule has 8 heteroatoms. The van der Waals surface area contributed by atoms with E-state index < -0.39 is 18.6 Å². The van der Waals surface area contributed by atoms with Crippen molar-refractivity contribution in [3.05, 3.63) is 18.0 Å². The minimum absolute atomic E-state index is 0.0331. The molecule has 2 N–H and O–H groups in total. The minimum atomic E-state index is -4.24. The first-order valence-electron chi connectivity index (χ1n) is 4.24. The van der Waals surface area contributed by atoms with Gasteiger partial charge in [-0.1, -0.05) is 0 Å². The molecule has 1 aromatic rings. The van der Waals surface area contributed by atoms with Gasteiger partial charge >= 0.3 is 12.1 Å². The van der Waals surface area contributed by atoms with Crippen LogP contribution in [0.4, 0.5) is 19.1 Å². The highest BCUT2D eigenvalue weighted by molar-refractivity contribution is 5.86. The molecule has 0 aromatic carbocycles. The van der Waals surface area contributed by atoms with Gasteiger partial charge in [0.05, 0.1) is 12.0 Å². The number of nitrogens with one attached hydrogen (secondary N) is 1. The number of rotatable bonds is 4. The molecule has 0 radical (unpaired) electrons. The van der Waals surface area contributed by atoms with Gasteiger partial charge in [0, 0.05) is 18.9 Å². The number of hydrogen-bond donors (Lipinski definition) is 2. The quantitative estimate of drug-likeness (QED) is 0.827. The Morgan fingerprint density at radius 3 is 2.38 bits per heavy atom. The summed E-state index contributed by atoms with van der Waals surface area (Å²) in [4.78, 5) is 17.5. The van der Waals surface area contributed by atoms with E-state index in [0.29, 0.717) is 0 Å². The average molecular weight is 235 g/mol. The summed E-state index contributed by atoms with van der Waals surface area (Å²) in [5.74, 6) is -1.23. The summed E-state index contributed by atoms with van der Waals surface area (Å²) in [6.07, 6.45) is -3.21. The lowest BCUT2D eigenvalue weighted by molar-refractivity contribution is -0.131. The molecule has 0 aliphatic rings. The van der Waals surface area contributed by atoms with E-state index in [1.54, 1.807) is 0 Å². The zero-order valence-electron chi connectivity index (χ0n) is 7.95. The number of hydrogen-bond acceptors (Lipinski definition) is 4. The molecular formula is C8H8F3N3O2. The second-order valence-electron chi connectivity index (χ2n) is 2.89. The largest absolute Gasteiger partial charge is 0.478 e. The summed E-state index contributed by atoms with van der Waals surface area (Å²) < 4.78 is 35.3. The first kappa shape index (κ1) is 12.2. The molecule has 1 aromatic heterocycles. The summed E-state index contributed by atoms with van der Waals surface area (Å²) in [6, 6.07) is 0. The Labute approximate surface area is 88.3 Å². The van der Waals surface area contributed by atoms with Crippen molar-refractivity contribution in [3.63, 3.8) is 0 Å². The van der Waals surface area contributed by atoms with Crippen molar-refractivity contribution in [2.24, 2.45) is 0 Å². The molecule has 0 saturated heterocycles. The fraction of sp³-hybridized carbons (Fsp3) is 0.375. The smallest absolute Gasteiger partial charge is 0.390 e. The number of alkyl halides is 3. The second-order valence-corrected chi connectivity index (χ2v) is 2.89. The Bertz CT molecular complexity index is 364. The van der Waals surface area contributed by atoms with Crippen molar-refractivity contribution in [2.75, 3.05) is 11.9 Å². The lowest BCUT2D eigenvalue weighted by Gasteiger charge is -2.07. The highest BCUT2D eigenvalue weighted by Crippen LogP contribution is 2.18. The van der Waals surface area contributed by atoms with Crippen molar-refractivity contribution in [1.29, 1.82) is 0 Å². The molecule has 1 heterocycles. The van der Waals surface area contributed by atoms with Gasteiger partial charge in [0.1, 0.15) is 0 Å². The van der Waals surface area contributed by atoms with Crippen molar-refractivity contribution in [3.8, 4) is 0 Å². The lowest BCUT2D eigenvalue weighted by Crippen LogP contribution is -2.15. The van der Waals surface area contributed by atoms with Gasteiger partial charge in [-0.3, -0.25) is 0 Å². The maximum atomic E-state index is 11.8. The van der Waals surface area contributed by atoms with Gasteiger partial charge in [0.2, 0.25) is 5.95 Å². The van der Waals surface area contributed by atoms with Gasteiger partial charge in [0.15, 0.2) is 0 Å². The summed E-state index contributed by atoms with van der Waals surface area (Å²) in [5.41, 5.74) is -0.124.